The number of carbonyl (C=O) groups is 1. The molecular weight excluding hydrogens is 336 g/mol. The molecule has 1 aromatic carbocycles. The lowest BCUT2D eigenvalue weighted by atomic mass is 9.76. The summed E-state index contributed by atoms with van der Waals surface area (Å²) in [5.41, 5.74) is 2.31. The van der Waals surface area contributed by atoms with Crippen molar-refractivity contribution in [1.29, 1.82) is 0 Å². The third-order valence-electron chi connectivity index (χ3n) is 6.90. The summed E-state index contributed by atoms with van der Waals surface area (Å²) in [7, 11) is 0. The summed E-state index contributed by atoms with van der Waals surface area (Å²) in [6.07, 6.45) is 6.42. The molecule has 0 aromatic heterocycles. The maximum atomic E-state index is 12.8. The van der Waals surface area contributed by atoms with Gasteiger partial charge in [0, 0.05) is 31.7 Å². The van der Waals surface area contributed by atoms with E-state index in [0.29, 0.717) is 11.5 Å². The van der Waals surface area contributed by atoms with Gasteiger partial charge in [-0.1, -0.05) is 24.6 Å². The molecule has 3 heterocycles. The van der Waals surface area contributed by atoms with Gasteiger partial charge in [0.1, 0.15) is 0 Å². The predicted octanol–water partition coefficient (Wildman–Crippen LogP) is 3.74. The number of nitrogens with zero attached hydrogens (tertiary/aromatic N) is 2. The second kappa shape index (κ2) is 7.92. The van der Waals surface area contributed by atoms with Gasteiger partial charge in [-0.25, -0.2) is 0 Å². The first-order valence-corrected chi connectivity index (χ1v) is 10.7. The monoisotopic (exact) mass is 370 g/mol. The highest BCUT2D eigenvalue weighted by Crippen LogP contribution is 2.42. The zero-order valence-corrected chi connectivity index (χ0v) is 17.0. The van der Waals surface area contributed by atoms with Gasteiger partial charge in [0.2, 0.25) is 0 Å². The second-order valence-electron chi connectivity index (χ2n) is 9.30. The molecule has 4 rings (SSSR count). The molecule has 0 saturated carbocycles. The Labute approximate surface area is 163 Å². The number of amides is 1. The second-order valence-corrected chi connectivity index (χ2v) is 9.30. The third kappa shape index (κ3) is 4.38. The van der Waals surface area contributed by atoms with Crippen molar-refractivity contribution in [3.63, 3.8) is 0 Å². The maximum Gasteiger partial charge on any atom is 0.253 e. The standard InChI is InChI=1S/C23H34N2O2/c1-18-5-7-20(8-6-18)22(26)25-12-9-23(10-13-25)14-21(27-17-23)16-24-11-3-4-19(2)15-24/h5-8,19,21H,3-4,9-17H2,1-2H3/t19-,21+/m1/s1. The number of piperidine rings is 2. The largest absolute Gasteiger partial charge is 0.376 e. The lowest BCUT2D eigenvalue weighted by Crippen LogP contribution is -2.44. The van der Waals surface area contributed by atoms with Crippen LogP contribution in [0.25, 0.3) is 0 Å². The van der Waals surface area contributed by atoms with Crippen LogP contribution in [-0.2, 0) is 4.74 Å². The molecule has 0 aliphatic carbocycles. The molecule has 1 spiro atoms. The Balaban J connectivity index is 1.28. The zero-order chi connectivity index (χ0) is 18.9. The fraction of sp³-hybridized carbons (Fsp3) is 0.696. The van der Waals surface area contributed by atoms with Crippen LogP contribution in [0.1, 0.15) is 54.9 Å². The van der Waals surface area contributed by atoms with E-state index in [0.717, 1.165) is 50.6 Å². The van der Waals surface area contributed by atoms with E-state index in [1.54, 1.807) is 0 Å². The zero-order valence-electron chi connectivity index (χ0n) is 17.0. The Morgan fingerprint density at radius 1 is 1.19 bits per heavy atom. The molecule has 148 valence electrons. The summed E-state index contributed by atoms with van der Waals surface area (Å²) in [5.74, 6) is 1.01. The molecule has 0 unspecified atom stereocenters. The Kier molecular flexibility index (Phi) is 5.56. The average Bonchev–Trinajstić information content (AvgIpc) is 3.04. The van der Waals surface area contributed by atoms with Gasteiger partial charge >= 0.3 is 0 Å². The molecule has 3 fully saturated rings. The van der Waals surface area contributed by atoms with Gasteiger partial charge in [-0.2, -0.15) is 0 Å². The molecule has 27 heavy (non-hydrogen) atoms. The summed E-state index contributed by atoms with van der Waals surface area (Å²) in [6, 6.07) is 7.96. The Bertz CT molecular complexity index is 649. The maximum absolute atomic E-state index is 12.8. The number of ether oxygens (including phenoxy) is 1. The highest BCUT2D eigenvalue weighted by Gasteiger charge is 2.43. The van der Waals surface area contributed by atoms with E-state index in [4.69, 9.17) is 4.74 Å². The minimum absolute atomic E-state index is 0.183. The predicted molar refractivity (Wildman–Crippen MR) is 108 cm³/mol. The molecule has 2 atom stereocenters. The van der Waals surface area contributed by atoms with Crippen LogP contribution >= 0.6 is 0 Å². The molecule has 4 heteroatoms. The molecule has 0 radical (unpaired) electrons. The first kappa shape index (κ1) is 18.9. The number of rotatable bonds is 3. The Hall–Kier alpha value is -1.39. The summed E-state index contributed by atoms with van der Waals surface area (Å²) >= 11 is 0. The van der Waals surface area contributed by atoms with Crippen molar-refractivity contribution in [3.8, 4) is 0 Å². The van der Waals surface area contributed by atoms with Crippen LogP contribution in [0, 0.1) is 18.3 Å². The molecular formula is C23H34N2O2. The summed E-state index contributed by atoms with van der Waals surface area (Å²) < 4.78 is 6.23. The smallest absolute Gasteiger partial charge is 0.253 e. The average molecular weight is 371 g/mol. The van der Waals surface area contributed by atoms with Crippen molar-refractivity contribution in [2.45, 2.75) is 52.1 Å². The number of likely N-dealkylation sites (tertiary alicyclic amines) is 2. The van der Waals surface area contributed by atoms with E-state index >= 15 is 0 Å². The van der Waals surface area contributed by atoms with Gasteiger partial charge in [0.15, 0.2) is 0 Å². The first-order chi connectivity index (χ1) is 13.0. The summed E-state index contributed by atoms with van der Waals surface area (Å²) in [5, 5.41) is 0. The molecule has 1 amide bonds. The minimum Gasteiger partial charge on any atom is -0.376 e. The number of benzene rings is 1. The number of hydrogen-bond donors (Lipinski definition) is 0. The SMILES string of the molecule is Cc1ccc(C(=O)N2CCC3(CC2)CO[C@H](CN2CCC[C@@H](C)C2)C3)cc1. The Morgan fingerprint density at radius 2 is 1.93 bits per heavy atom. The molecule has 0 bridgehead atoms. The lowest BCUT2D eigenvalue weighted by molar-refractivity contribution is 0.0402. The molecule has 1 aromatic rings. The van der Waals surface area contributed by atoms with Gasteiger partial charge < -0.3 is 14.5 Å². The van der Waals surface area contributed by atoms with E-state index in [1.165, 1.54) is 37.9 Å². The van der Waals surface area contributed by atoms with E-state index in [1.807, 2.05) is 29.2 Å². The van der Waals surface area contributed by atoms with Crippen molar-refractivity contribution in [1.82, 2.24) is 9.80 Å². The van der Waals surface area contributed by atoms with Crippen molar-refractivity contribution in [2.24, 2.45) is 11.3 Å². The van der Waals surface area contributed by atoms with Crippen molar-refractivity contribution in [3.05, 3.63) is 35.4 Å². The minimum atomic E-state index is 0.183. The molecule has 3 aliphatic rings. The van der Waals surface area contributed by atoms with Crippen molar-refractivity contribution >= 4 is 5.91 Å². The van der Waals surface area contributed by atoms with Crippen LogP contribution < -0.4 is 0 Å². The molecule has 0 N–H and O–H groups in total. The van der Waals surface area contributed by atoms with Crippen molar-refractivity contribution < 1.29 is 9.53 Å². The van der Waals surface area contributed by atoms with E-state index in [2.05, 4.69) is 18.7 Å². The van der Waals surface area contributed by atoms with E-state index in [-0.39, 0.29) is 5.91 Å². The van der Waals surface area contributed by atoms with Crippen LogP contribution in [0.3, 0.4) is 0 Å². The fourth-order valence-corrected chi connectivity index (χ4v) is 5.16. The normalized spacial score (nSPS) is 28.6. The van der Waals surface area contributed by atoms with Crippen LogP contribution in [-0.4, -0.2) is 61.1 Å². The van der Waals surface area contributed by atoms with Crippen LogP contribution in [0.5, 0.6) is 0 Å². The van der Waals surface area contributed by atoms with E-state index in [9.17, 15) is 4.79 Å². The summed E-state index contributed by atoms with van der Waals surface area (Å²) in [6.45, 7) is 10.6. The number of aryl methyl sites for hydroxylation is 1. The molecule has 3 aliphatic heterocycles. The van der Waals surface area contributed by atoms with Gasteiger partial charge in [-0.15, -0.1) is 0 Å². The summed E-state index contributed by atoms with van der Waals surface area (Å²) in [4.78, 5) is 17.4. The van der Waals surface area contributed by atoms with Gasteiger partial charge in [0.05, 0.1) is 12.7 Å². The number of hydrogen-bond acceptors (Lipinski definition) is 3. The highest BCUT2D eigenvalue weighted by atomic mass is 16.5. The lowest BCUT2D eigenvalue weighted by Gasteiger charge is -2.38. The van der Waals surface area contributed by atoms with Gasteiger partial charge in [-0.05, 0) is 69.0 Å². The third-order valence-corrected chi connectivity index (χ3v) is 6.90. The van der Waals surface area contributed by atoms with Crippen LogP contribution in [0.4, 0.5) is 0 Å². The highest BCUT2D eigenvalue weighted by molar-refractivity contribution is 5.94. The van der Waals surface area contributed by atoms with E-state index < -0.39 is 0 Å². The van der Waals surface area contributed by atoms with Crippen molar-refractivity contribution in [2.75, 3.05) is 39.3 Å². The molecule has 3 saturated heterocycles. The van der Waals surface area contributed by atoms with Gasteiger partial charge in [-0.3, -0.25) is 4.79 Å². The first-order valence-electron chi connectivity index (χ1n) is 10.7. The van der Waals surface area contributed by atoms with Crippen LogP contribution in [0.2, 0.25) is 0 Å². The molecule has 4 nitrogen and oxygen atoms in total. The number of carbonyl (C=O) groups excluding carboxylic acids is 1. The fourth-order valence-electron chi connectivity index (χ4n) is 5.16. The van der Waals surface area contributed by atoms with Crippen LogP contribution in [0.15, 0.2) is 24.3 Å². The Morgan fingerprint density at radius 3 is 2.63 bits per heavy atom. The van der Waals surface area contributed by atoms with Gasteiger partial charge in [0.25, 0.3) is 5.91 Å². The quantitative estimate of drug-likeness (QED) is 0.813. The topological polar surface area (TPSA) is 32.8 Å².